The fraction of sp³-hybridized carbons (Fsp3) is 0.0192. The molecule has 0 amide bonds. The molecule has 0 N–H and O–H groups in total. The molecular weight excluding hydrogens is 699 g/mol. The van der Waals surface area contributed by atoms with Crippen LogP contribution in [0.1, 0.15) is 11.3 Å². The third-order valence-electron chi connectivity index (χ3n) is 11.2. The molecule has 0 atom stereocenters. The molecule has 57 heavy (non-hydrogen) atoms. The van der Waals surface area contributed by atoms with E-state index >= 15 is 0 Å². The van der Waals surface area contributed by atoms with Crippen LogP contribution in [0.15, 0.2) is 180 Å². The highest BCUT2D eigenvalue weighted by atomic mass is 16.3. The number of hydrogen-bond acceptors (Lipinski definition) is 5. The van der Waals surface area contributed by atoms with Gasteiger partial charge in [0.25, 0.3) is 0 Å². The fourth-order valence-corrected chi connectivity index (χ4v) is 8.56. The van der Waals surface area contributed by atoms with Crippen LogP contribution >= 0.6 is 0 Å². The quantitative estimate of drug-likeness (QED) is 0.126. The van der Waals surface area contributed by atoms with Gasteiger partial charge in [-0.2, -0.15) is 0 Å². The Bertz CT molecular complexity index is 3320. The molecule has 11 aromatic rings. The Balaban J connectivity index is 1.26. The normalized spacial score (nSPS) is 11.9. The first-order valence-electron chi connectivity index (χ1n) is 19.0. The Morgan fingerprint density at radius 2 is 1.12 bits per heavy atom. The molecule has 6 aromatic carbocycles. The van der Waals surface area contributed by atoms with Gasteiger partial charge in [-0.05, 0) is 105 Å². The van der Waals surface area contributed by atoms with Gasteiger partial charge >= 0.3 is 0 Å². The Morgan fingerprint density at radius 3 is 1.74 bits per heavy atom. The number of allylic oxidation sites excluding steroid dienone is 2. The maximum absolute atomic E-state index is 6.79. The molecule has 0 aliphatic heterocycles. The summed E-state index contributed by atoms with van der Waals surface area (Å²) < 4.78 is 13.2. The lowest BCUT2D eigenvalue weighted by Gasteiger charge is -2.19. The predicted molar refractivity (Wildman–Crippen MR) is 235 cm³/mol. The summed E-state index contributed by atoms with van der Waals surface area (Å²) in [4.78, 5) is 14.6. The third-order valence-corrected chi connectivity index (χ3v) is 11.2. The topological polar surface area (TPSA) is 65.0 Å². The Kier molecular flexibility index (Phi) is 7.47. The van der Waals surface area contributed by atoms with Crippen LogP contribution in [0.2, 0.25) is 0 Å². The minimum atomic E-state index is 0.790. The molecule has 0 spiro atoms. The second-order valence-electron chi connectivity index (χ2n) is 14.4. The summed E-state index contributed by atoms with van der Waals surface area (Å²) in [7, 11) is 0. The van der Waals surface area contributed by atoms with E-state index in [0.29, 0.717) is 0 Å². The van der Waals surface area contributed by atoms with E-state index in [-0.39, 0.29) is 0 Å². The van der Waals surface area contributed by atoms with Crippen LogP contribution in [-0.2, 0) is 0 Å². The van der Waals surface area contributed by atoms with Gasteiger partial charge in [-0.25, -0.2) is 4.98 Å². The zero-order chi connectivity index (χ0) is 38.0. The van der Waals surface area contributed by atoms with E-state index in [1.54, 1.807) is 6.08 Å². The molecule has 5 heterocycles. The van der Waals surface area contributed by atoms with Crippen LogP contribution in [0, 0.1) is 6.92 Å². The van der Waals surface area contributed by atoms with Gasteiger partial charge in [-0.1, -0.05) is 97.6 Å². The second-order valence-corrected chi connectivity index (χ2v) is 14.4. The average Bonchev–Trinajstić information content (AvgIpc) is 3.81. The van der Waals surface area contributed by atoms with Crippen LogP contribution in [0.3, 0.4) is 0 Å². The zero-order valence-electron chi connectivity index (χ0n) is 31.0. The Morgan fingerprint density at radius 1 is 0.526 bits per heavy atom. The van der Waals surface area contributed by atoms with Crippen molar-refractivity contribution in [1.29, 1.82) is 0 Å². The molecular formula is C52H33N3O2. The van der Waals surface area contributed by atoms with E-state index in [1.165, 1.54) is 0 Å². The first-order valence-corrected chi connectivity index (χ1v) is 19.0. The third kappa shape index (κ3) is 5.20. The summed E-state index contributed by atoms with van der Waals surface area (Å²) in [5.74, 6) is 0.799. The highest BCUT2D eigenvalue weighted by Crippen LogP contribution is 2.49. The van der Waals surface area contributed by atoms with Crippen molar-refractivity contribution in [1.82, 2.24) is 15.0 Å². The number of benzene rings is 6. The van der Waals surface area contributed by atoms with E-state index in [9.17, 15) is 0 Å². The van der Waals surface area contributed by atoms with Gasteiger partial charge in [-0.15, -0.1) is 0 Å². The first kappa shape index (κ1) is 32.8. The molecule has 268 valence electrons. The molecule has 5 aromatic heterocycles. The van der Waals surface area contributed by atoms with Crippen LogP contribution < -0.4 is 0 Å². The molecule has 5 nitrogen and oxygen atoms in total. The standard InChI is InChI=1S/C52H33N3O2/c1-3-4-20-45-31(2)42-27-44-43(28-47(42)56-45)52-50(41-19-9-10-21-46(41)57-52)51(55-44)49-39-17-7-5-15-37(39)48(38-16-6-8-18-40(38)49)36-25-34(32-13-11-22-53-29-32)24-35(26-36)33-14-12-23-54-30-33/h3-30H,1H2,2H3/b20-4-. The lowest BCUT2D eigenvalue weighted by atomic mass is 9.85. The second kappa shape index (κ2) is 13.0. The van der Waals surface area contributed by atoms with Gasteiger partial charge in [0.2, 0.25) is 0 Å². The lowest BCUT2D eigenvalue weighted by Crippen LogP contribution is -1.95. The molecule has 0 saturated carbocycles. The van der Waals surface area contributed by atoms with Crippen molar-refractivity contribution >= 4 is 71.4 Å². The number of aromatic nitrogens is 3. The maximum Gasteiger partial charge on any atom is 0.147 e. The number of pyridine rings is 3. The minimum Gasteiger partial charge on any atom is -0.456 e. The molecule has 5 heteroatoms. The molecule has 11 rings (SSSR count). The summed E-state index contributed by atoms with van der Waals surface area (Å²) >= 11 is 0. The van der Waals surface area contributed by atoms with Crippen molar-refractivity contribution in [2.45, 2.75) is 6.92 Å². The van der Waals surface area contributed by atoms with Gasteiger partial charge in [0.15, 0.2) is 0 Å². The first-order chi connectivity index (χ1) is 28.1. The van der Waals surface area contributed by atoms with Gasteiger partial charge < -0.3 is 8.83 Å². The summed E-state index contributed by atoms with van der Waals surface area (Å²) in [6, 6.07) is 44.9. The van der Waals surface area contributed by atoms with E-state index in [4.69, 9.17) is 13.8 Å². The van der Waals surface area contributed by atoms with Crippen LogP contribution in [-0.4, -0.2) is 15.0 Å². The van der Waals surface area contributed by atoms with Crippen molar-refractivity contribution in [2.24, 2.45) is 0 Å². The Hall–Kier alpha value is -7.63. The average molecular weight is 732 g/mol. The van der Waals surface area contributed by atoms with Gasteiger partial charge in [0.1, 0.15) is 22.5 Å². The molecule has 0 aliphatic rings. The molecule has 0 saturated heterocycles. The molecule has 0 bridgehead atoms. The number of nitrogens with zero attached hydrogens (tertiary/aromatic N) is 3. The summed E-state index contributed by atoms with van der Waals surface area (Å²) in [5.41, 5.74) is 12.8. The number of aryl methyl sites for hydroxylation is 1. The van der Waals surface area contributed by atoms with E-state index in [1.807, 2.05) is 61.2 Å². The van der Waals surface area contributed by atoms with Crippen LogP contribution in [0.5, 0.6) is 0 Å². The lowest BCUT2D eigenvalue weighted by molar-refractivity contribution is 0.601. The summed E-state index contributed by atoms with van der Waals surface area (Å²) in [5, 5.41) is 8.41. The van der Waals surface area contributed by atoms with Crippen molar-refractivity contribution in [3.63, 3.8) is 0 Å². The Labute approximate surface area is 327 Å². The summed E-state index contributed by atoms with van der Waals surface area (Å²) in [6.07, 6.45) is 13.1. The smallest absolute Gasteiger partial charge is 0.147 e. The number of para-hydroxylation sites is 1. The monoisotopic (exact) mass is 731 g/mol. The van der Waals surface area contributed by atoms with E-state index < -0.39 is 0 Å². The molecule has 0 unspecified atom stereocenters. The van der Waals surface area contributed by atoms with Crippen LogP contribution in [0.4, 0.5) is 0 Å². The highest BCUT2D eigenvalue weighted by Gasteiger charge is 2.24. The number of rotatable bonds is 6. The molecule has 0 fully saturated rings. The van der Waals surface area contributed by atoms with Crippen molar-refractivity contribution in [2.75, 3.05) is 0 Å². The van der Waals surface area contributed by atoms with E-state index in [2.05, 4.69) is 127 Å². The molecule has 0 aliphatic carbocycles. The number of fused-ring (bicyclic) bond motifs is 8. The van der Waals surface area contributed by atoms with Crippen molar-refractivity contribution < 1.29 is 8.83 Å². The largest absolute Gasteiger partial charge is 0.456 e. The molecule has 0 radical (unpaired) electrons. The highest BCUT2D eigenvalue weighted by molar-refractivity contribution is 6.28. The van der Waals surface area contributed by atoms with Gasteiger partial charge in [0, 0.05) is 63.2 Å². The SMILES string of the molecule is C=C/C=C\c1oc2cc3c(cc2c1C)nc(-c1c2ccccc2c(-c2cc(-c4cccnc4)cc(-c4cccnc4)c2)c2ccccc12)c1c2ccccc2oc31. The van der Waals surface area contributed by atoms with E-state index in [0.717, 1.165) is 121 Å². The fourth-order valence-electron chi connectivity index (χ4n) is 8.56. The van der Waals surface area contributed by atoms with Gasteiger partial charge in [-0.3, -0.25) is 9.97 Å². The number of furan rings is 2. The zero-order valence-corrected chi connectivity index (χ0v) is 31.0. The van der Waals surface area contributed by atoms with Crippen molar-refractivity contribution in [3.05, 3.63) is 182 Å². The van der Waals surface area contributed by atoms with Crippen LogP contribution in [0.25, 0.3) is 116 Å². The van der Waals surface area contributed by atoms with Crippen molar-refractivity contribution in [3.8, 4) is 44.6 Å². The predicted octanol–water partition coefficient (Wildman–Crippen LogP) is 14.2. The minimum absolute atomic E-state index is 0.790. The maximum atomic E-state index is 6.79. The number of hydrogen-bond donors (Lipinski definition) is 0. The summed E-state index contributed by atoms with van der Waals surface area (Å²) in [6.45, 7) is 5.93. The van der Waals surface area contributed by atoms with Gasteiger partial charge in [0.05, 0.1) is 16.6 Å².